The highest BCUT2D eigenvalue weighted by atomic mass is 35.5. The van der Waals surface area contributed by atoms with Crippen LogP contribution in [-0.2, 0) is 9.53 Å². The van der Waals surface area contributed by atoms with Gasteiger partial charge in [0.25, 0.3) is 5.91 Å². The predicted molar refractivity (Wildman–Crippen MR) is 91.5 cm³/mol. The fourth-order valence-corrected chi connectivity index (χ4v) is 3.22. The Hall–Kier alpha value is -2.37. The number of anilines is 2. The van der Waals surface area contributed by atoms with Crippen LogP contribution in [0.1, 0.15) is 5.56 Å². The van der Waals surface area contributed by atoms with E-state index in [1.54, 1.807) is 29.2 Å². The van der Waals surface area contributed by atoms with Gasteiger partial charge < -0.3 is 4.74 Å². The van der Waals surface area contributed by atoms with Gasteiger partial charge in [0, 0.05) is 10.7 Å². The Kier molecular flexibility index (Phi) is 3.37. The number of benzene rings is 2. The van der Waals surface area contributed by atoms with Crippen LogP contribution in [0, 0.1) is 6.92 Å². The van der Waals surface area contributed by atoms with Crippen LogP contribution in [0.5, 0.6) is 0 Å². The van der Waals surface area contributed by atoms with Gasteiger partial charge in [-0.05, 0) is 43.3 Å². The van der Waals surface area contributed by atoms with Gasteiger partial charge in [0.15, 0.2) is 5.54 Å². The van der Waals surface area contributed by atoms with Crippen molar-refractivity contribution >= 4 is 34.9 Å². The Morgan fingerprint density at radius 2 is 1.54 bits per heavy atom. The molecule has 0 aromatic heterocycles. The van der Waals surface area contributed by atoms with Crippen molar-refractivity contribution in [2.75, 3.05) is 23.0 Å². The zero-order valence-corrected chi connectivity index (χ0v) is 13.8. The van der Waals surface area contributed by atoms with E-state index in [1.165, 1.54) is 4.90 Å². The van der Waals surface area contributed by atoms with Crippen molar-refractivity contribution in [1.82, 2.24) is 0 Å². The van der Waals surface area contributed by atoms with Gasteiger partial charge in [0.05, 0.1) is 18.9 Å². The molecule has 0 radical (unpaired) electrons. The third-order valence-corrected chi connectivity index (χ3v) is 4.72. The molecule has 4 rings (SSSR count). The number of carbonyl (C=O) groups excluding carboxylic acids is 2. The number of aryl methyl sites for hydroxylation is 1. The Morgan fingerprint density at radius 1 is 0.958 bits per heavy atom. The molecule has 2 saturated heterocycles. The molecule has 0 bridgehead atoms. The molecule has 0 unspecified atom stereocenters. The summed E-state index contributed by atoms with van der Waals surface area (Å²) < 4.78 is 5.30. The topological polar surface area (TPSA) is 49.9 Å². The Bertz CT molecular complexity index is 813. The fourth-order valence-electron chi connectivity index (χ4n) is 3.09. The maximum Gasteiger partial charge on any atom is 0.337 e. The summed E-state index contributed by atoms with van der Waals surface area (Å²) >= 11 is 5.91. The standard InChI is InChI=1S/C18H15ClN2O3/c1-12-2-6-15(7-3-12)21-17(23)20(14-8-4-13(19)5-9-14)16(22)18(21)10-24-11-18/h2-9H,10-11H2,1H3. The summed E-state index contributed by atoms with van der Waals surface area (Å²) in [5, 5.41) is 0.551. The molecule has 2 aliphatic heterocycles. The van der Waals surface area contributed by atoms with Crippen molar-refractivity contribution in [3.63, 3.8) is 0 Å². The highest BCUT2D eigenvalue weighted by Crippen LogP contribution is 2.40. The van der Waals surface area contributed by atoms with E-state index in [0.29, 0.717) is 16.4 Å². The monoisotopic (exact) mass is 342 g/mol. The molecule has 1 spiro atoms. The summed E-state index contributed by atoms with van der Waals surface area (Å²) in [6, 6.07) is 13.9. The second-order valence-electron chi connectivity index (χ2n) is 6.09. The van der Waals surface area contributed by atoms with Crippen LogP contribution in [0.25, 0.3) is 0 Å². The van der Waals surface area contributed by atoms with Crippen LogP contribution < -0.4 is 9.80 Å². The van der Waals surface area contributed by atoms with Crippen LogP contribution in [0.2, 0.25) is 5.02 Å². The molecule has 2 aromatic rings. The lowest BCUT2D eigenvalue weighted by molar-refractivity contribution is -0.136. The molecular weight excluding hydrogens is 328 g/mol. The van der Waals surface area contributed by atoms with Crippen molar-refractivity contribution < 1.29 is 14.3 Å². The van der Waals surface area contributed by atoms with E-state index in [0.717, 1.165) is 5.56 Å². The first-order valence-corrected chi connectivity index (χ1v) is 7.99. The number of nitrogens with zero attached hydrogens (tertiary/aromatic N) is 2. The van der Waals surface area contributed by atoms with Crippen LogP contribution in [0.4, 0.5) is 16.2 Å². The summed E-state index contributed by atoms with van der Waals surface area (Å²) in [7, 11) is 0. The normalized spacial score (nSPS) is 19.1. The lowest BCUT2D eigenvalue weighted by Gasteiger charge is -2.41. The molecule has 2 aliphatic rings. The summed E-state index contributed by atoms with van der Waals surface area (Å²) in [5.41, 5.74) is 1.34. The van der Waals surface area contributed by atoms with E-state index < -0.39 is 5.54 Å². The number of rotatable bonds is 2. The van der Waals surface area contributed by atoms with Gasteiger partial charge in [-0.15, -0.1) is 0 Å². The van der Waals surface area contributed by atoms with Crippen molar-refractivity contribution in [3.8, 4) is 0 Å². The highest BCUT2D eigenvalue weighted by Gasteiger charge is 2.62. The molecule has 0 saturated carbocycles. The Labute approximate surface area is 144 Å². The molecule has 0 atom stereocenters. The van der Waals surface area contributed by atoms with Crippen molar-refractivity contribution in [1.29, 1.82) is 0 Å². The fraction of sp³-hybridized carbons (Fsp3) is 0.222. The van der Waals surface area contributed by atoms with Gasteiger partial charge in [-0.2, -0.15) is 0 Å². The first-order valence-electron chi connectivity index (χ1n) is 7.62. The van der Waals surface area contributed by atoms with Crippen LogP contribution in [0.15, 0.2) is 48.5 Å². The zero-order chi connectivity index (χ0) is 16.9. The minimum absolute atomic E-state index is 0.204. The van der Waals surface area contributed by atoms with Gasteiger partial charge in [0.2, 0.25) is 0 Å². The smallest absolute Gasteiger partial charge is 0.337 e. The first kappa shape index (κ1) is 15.2. The maximum atomic E-state index is 13.0. The van der Waals surface area contributed by atoms with Crippen LogP contribution in [-0.4, -0.2) is 30.7 Å². The number of urea groups is 1. The Morgan fingerprint density at radius 3 is 2.08 bits per heavy atom. The molecule has 5 nitrogen and oxygen atoms in total. The van der Waals surface area contributed by atoms with E-state index in [-0.39, 0.29) is 25.2 Å². The second-order valence-corrected chi connectivity index (χ2v) is 6.53. The molecule has 0 N–H and O–H groups in total. The lowest BCUT2D eigenvalue weighted by Crippen LogP contribution is -2.64. The summed E-state index contributed by atoms with van der Waals surface area (Å²) in [6.45, 7) is 2.38. The van der Waals surface area contributed by atoms with Crippen molar-refractivity contribution in [3.05, 3.63) is 59.1 Å². The number of halogens is 1. The van der Waals surface area contributed by atoms with E-state index >= 15 is 0 Å². The molecule has 122 valence electrons. The van der Waals surface area contributed by atoms with Gasteiger partial charge in [0.1, 0.15) is 0 Å². The number of ether oxygens (including phenoxy) is 1. The molecule has 6 heteroatoms. The minimum atomic E-state index is -0.952. The molecule has 2 heterocycles. The van der Waals surface area contributed by atoms with E-state index in [9.17, 15) is 9.59 Å². The molecule has 3 amide bonds. The molecule has 2 aromatic carbocycles. The number of amides is 3. The first-order chi connectivity index (χ1) is 11.5. The molecule has 24 heavy (non-hydrogen) atoms. The molecule has 2 fully saturated rings. The number of imide groups is 1. The summed E-state index contributed by atoms with van der Waals surface area (Å²) in [4.78, 5) is 28.8. The number of hydrogen-bond donors (Lipinski definition) is 0. The van der Waals surface area contributed by atoms with Crippen LogP contribution in [0.3, 0.4) is 0 Å². The predicted octanol–water partition coefficient (Wildman–Crippen LogP) is 3.39. The van der Waals surface area contributed by atoms with Gasteiger partial charge in [-0.25, -0.2) is 9.69 Å². The van der Waals surface area contributed by atoms with Crippen LogP contribution >= 0.6 is 11.6 Å². The number of carbonyl (C=O) groups is 2. The largest absolute Gasteiger partial charge is 0.375 e. The molecular formula is C18H15ClN2O3. The summed E-state index contributed by atoms with van der Waals surface area (Å²) in [5.74, 6) is -0.262. The zero-order valence-electron chi connectivity index (χ0n) is 13.0. The van der Waals surface area contributed by atoms with Gasteiger partial charge >= 0.3 is 6.03 Å². The second kappa shape index (κ2) is 5.33. The van der Waals surface area contributed by atoms with Crippen molar-refractivity contribution in [2.24, 2.45) is 0 Å². The van der Waals surface area contributed by atoms with E-state index in [1.807, 2.05) is 31.2 Å². The minimum Gasteiger partial charge on any atom is -0.375 e. The van der Waals surface area contributed by atoms with Gasteiger partial charge in [-0.1, -0.05) is 29.3 Å². The van der Waals surface area contributed by atoms with E-state index in [4.69, 9.17) is 16.3 Å². The lowest BCUT2D eigenvalue weighted by atomic mass is 9.94. The average molecular weight is 343 g/mol. The average Bonchev–Trinajstić information content (AvgIpc) is 2.77. The highest BCUT2D eigenvalue weighted by molar-refractivity contribution is 6.32. The Balaban J connectivity index is 1.79. The van der Waals surface area contributed by atoms with Crippen molar-refractivity contribution in [2.45, 2.75) is 12.5 Å². The SMILES string of the molecule is Cc1ccc(N2C(=O)N(c3ccc(Cl)cc3)C(=O)C23COC3)cc1. The molecule has 0 aliphatic carbocycles. The quantitative estimate of drug-likeness (QED) is 0.786. The number of hydrogen-bond acceptors (Lipinski definition) is 3. The van der Waals surface area contributed by atoms with E-state index in [2.05, 4.69) is 0 Å². The van der Waals surface area contributed by atoms with Gasteiger partial charge in [-0.3, -0.25) is 9.69 Å². The third kappa shape index (κ3) is 2.05. The summed E-state index contributed by atoms with van der Waals surface area (Å²) in [6.07, 6.45) is 0. The maximum absolute atomic E-state index is 13.0. The third-order valence-electron chi connectivity index (χ3n) is 4.47.